The Morgan fingerprint density at radius 3 is 2.26 bits per heavy atom. The lowest BCUT2D eigenvalue weighted by Gasteiger charge is -2.68. The summed E-state index contributed by atoms with van der Waals surface area (Å²) in [5, 5.41) is 11.0. The summed E-state index contributed by atoms with van der Waals surface area (Å²) in [5.74, 6) is 1.71. The molecule has 5 heteroatoms. The number of allylic oxidation sites excluding steroid dienone is 1. The van der Waals surface area contributed by atoms with Crippen LogP contribution in [0, 0.1) is 68.5 Å². The molecule has 5 aliphatic carbocycles. The van der Waals surface area contributed by atoms with E-state index >= 15 is 0 Å². The number of carbonyl (C=O) groups is 1. The molecular weight excluding hydrogens is 534 g/mol. The summed E-state index contributed by atoms with van der Waals surface area (Å²) in [6.07, 6.45) is 10.1. The van der Waals surface area contributed by atoms with E-state index in [9.17, 15) is 9.90 Å². The maximum Gasteiger partial charge on any atom is 0.307 e. The van der Waals surface area contributed by atoms with Gasteiger partial charge in [-0.1, -0.05) is 80.9 Å². The summed E-state index contributed by atoms with van der Waals surface area (Å²) >= 11 is 0. The Morgan fingerprint density at radius 2 is 1.65 bits per heavy atom. The molecule has 0 aromatic carbocycles. The molecule has 0 radical (unpaired) electrons. The molecule has 7 rings (SSSR count). The van der Waals surface area contributed by atoms with E-state index in [0.29, 0.717) is 35.5 Å². The lowest BCUT2D eigenvalue weighted by Crippen LogP contribution is -2.64. The van der Waals surface area contributed by atoms with Crippen LogP contribution in [-0.4, -0.2) is 41.5 Å². The number of ether oxygens (including phenoxy) is 2. The van der Waals surface area contributed by atoms with Gasteiger partial charge in [0.25, 0.3) is 0 Å². The Kier molecular flexibility index (Phi) is 7.30. The van der Waals surface area contributed by atoms with Gasteiger partial charge in [0, 0.05) is 16.9 Å². The highest BCUT2D eigenvalue weighted by molar-refractivity contribution is 5.73. The van der Waals surface area contributed by atoms with Crippen molar-refractivity contribution in [2.24, 2.45) is 74.2 Å². The van der Waals surface area contributed by atoms with Crippen molar-refractivity contribution in [3.8, 4) is 0 Å². The van der Waals surface area contributed by atoms with Crippen LogP contribution in [-0.2, 0) is 14.3 Å². The molecule has 2 heterocycles. The van der Waals surface area contributed by atoms with Gasteiger partial charge < -0.3 is 20.3 Å². The van der Waals surface area contributed by atoms with Crippen molar-refractivity contribution >= 4 is 5.97 Å². The van der Waals surface area contributed by atoms with E-state index in [2.05, 4.69) is 82.2 Å². The van der Waals surface area contributed by atoms with E-state index in [0.717, 1.165) is 45.1 Å². The second-order valence-electron chi connectivity index (χ2n) is 18.2. The molecule has 0 amide bonds. The van der Waals surface area contributed by atoms with Gasteiger partial charge in [0.15, 0.2) is 0 Å². The van der Waals surface area contributed by atoms with Gasteiger partial charge in [-0.25, -0.2) is 0 Å². The summed E-state index contributed by atoms with van der Waals surface area (Å²) in [5.41, 5.74) is 7.63. The van der Waals surface area contributed by atoms with E-state index < -0.39 is 5.97 Å². The minimum atomic E-state index is -0.582. The largest absolute Gasteiger partial charge is 0.481 e. The van der Waals surface area contributed by atoms with Crippen LogP contribution in [0.4, 0.5) is 0 Å². The zero-order chi connectivity index (χ0) is 31.7. The molecule has 7 unspecified atom stereocenters. The van der Waals surface area contributed by atoms with Crippen molar-refractivity contribution in [2.45, 2.75) is 145 Å². The Labute approximate surface area is 262 Å². The van der Waals surface area contributed by atoms with Gasteiger partial charge in [0.05, 0.1) is 30.3 Å². The third-order valence-corrected chi connectivity index (χ3v) is 16.4. The van der Waals surface area contributed by atoms with Crippen molar-refractivity contribution in [3.63, 3.8) is 0 Å². The van der Waals surface area contributed by atoms with Crippen LogP contribution in [0.3, 0.4) is 0 Å². The number of carboxylic acids is 1. The van der Waals surface area contributed by atoms with Crippen LogP contribution >= 0.6 is 0 Å². The van der Waals surface area contributed by atoms with Gasteiger partial charge in [0.2, 0.25) is 0 Å². The van der Waals surface area contributed by atoms with Crippen molar-refractivity contribution < 1.29 is 19.4 Å². The van der Waals surface area contributed by atoms with Crippen LogP contribution < -0.4 is 5.73 Å². The third kappa shape index (κ3) is 3.71. The number of hydrogen-bond donors (Lipinski definition) is 2. The molecule has 2 saturated heterocycles. The predicted octanol–water partition coefficient (Wildman–Crippen LogP) is 8.11. The fraction of sp³-hybridized carbons (Fsp3) is 0.921. The van der Waals surface area contributed by atoms with Crippen LogP contribution in [0.25, 0.3) is 0 Å². The molecular formula is C38H63NO4. The fourth-order valence-corrected chi connectivity index (χ4v) is 13.2. The molecule has 2 spiro atoms. The van der Waals surface area contributed by atoms with Gasteiger partial charge in [-0.05, 0) is 104 Å². The highest BCUT2D eigenvalue weighted by atomic mass is 16.5. The number of aliphatic carboxylic acids is 1. The zero-order valence-electron chi connectivity index (χ0n) is 29.3. The lowest BCUT2D eigenvalue weighted by atomic mass is 9.36. The number of nitrogens with two attached hydrogens (primary N) is 1. The maximum atomic E-state index is 13.4. The molecule has 5 nitrogen and oxygen atoms in total. The topological polar surface area (TPSA) is 81.8 Å². The fourth-order valence-electron chi connectivity index (χ4n) is 13.2. The Morgan fingerprint density at radius 1 is 0.977 bits per heavy atom. The Hall–Kier alpha value is -0.910. The lowest BCUT2D eigenvalue weighted by molar-refractivity contribution is -0.204. The number of hydrogen-bond acceptors (Lipinski definition) is 4. The molecule has 0 aromatic heterocycles. The summed E-state index contributed by atoms with van der Waals surface area (Å²) in [7, 11) is 0. The monoisotopic (exact) mass is 597 g/mol. The van der Waals surface area contributed by atoms with Crippen LogP contribution in [0.5, 0.6) is 0 Å². The van der Waals surface area contributed by atoms with Crippen LogP contribution in [0.15, 0.2) is 11.6 Å². The minimum Gasteiger partial charge on any atom is -0.481 e. The number of fused-ring (bicyclic) bond motifs is 6. The zero-order valence-corrected chi connectivity index (χ0v) is 29.3. The molecule has 4 saturated carbocycles. The summed E-state index contributed by atoms with van der Waals surface area (Å²) in [6, 6.07) is 0.0255. The second kappa shape index (κ2) is 9.80. The normalized spacial score (nSPS) is 52.2. The van der Waals surface area contributed by atoms with E-state index in [4.69, 9.17) is 15.2 Å². The first-order valence-corrected chi connectivity index (χ1v) is 17.9. The van der Waals surface area contributed by atoms with Gasteiger partial charge in [-0.3, -0.25) is 4.79 Å². The molecule has 14 atom stereocenters. The van der Waals surface area contributed by atoms with Gasteiger partial charge in [0.1, 0.15) is 0 Å². The highest BCUT2D eigenvalue weighted by Gasteiger charge is 2.87. The van der Waals surface area contributed by atoms with Crippen LogP contribution in [0.1, 0.15) is 121 Å². The first-order valence-electron chi connectivity index (χ1n) is 17.9. The molecule has 43 heavy (non-hydrogen) atoms. The van der Waals surface area contributed by atoms with Crippen molar-refractivity contribution in [2.75, 3.05) is 6.61 Å². The standard InChI is InChI=1S/C38H63NO4/c1-21(2)23(5)33(8)18-19-35(10)26-12-13-28-34(9)20-42-37(17-15-29(34)43-24(6)30(39)22(3)4)25(7)38(28,37)27(26)14-16-36(35,11)31(33)32(40)41/h14,21-26,28-31H,12-13,15-20,39H2,1-11H3,(H,40,41)/t23-,24?,25?,26+,28+,29?,30?,31-,33-,34+,35?,36+,37?,38?/m1/s1. The van der Waals surface area contributed by atoms with Crippen LogP contribution in [0.2, 0.25) is 0 Å². The predicted molar refractivity (Wildman–Crippen MR) is 172 cm³/mol. The molecule has 7 aliphatic rings. The second-order valence-corrected chi connectivity index (χ2v) is 18.2. The van der Waals surface area contributed by atoms with Gasteiger partial charge in [-0.15, -0.1) is 0 Å². The summed E-state index contributed by atoms with van der Waals surface area (Å²) in [4.78, 5) is 13.4. The number of carboxylic acid groups (broad SMARTS) is 1. The SMILES string of the molecule is CC(C)C(N)C(C)OC1CCC23OC[C@@]1(C)[C@@H]1CC[C@H]4C(=CC[C@@]5(C)[C@H](C(=O)O)[C@@](C)([C@H](C)C(C)C)CCC45C)C12C3C. The molecule has 2 bridgehead atoms. The Balaban J connectivity index is 1.41. The average Bonchev–Trinajstić information content (AvgIpc) is 3.53. The van der Waals surface area contributed by atoms with Crippen molar-refractivity contribution in [1.29, 1.82) is 0 Å². The average molecular weight is 598 g/mol. The molecule has 3 N–H and O–H groups in total. The van der Waals surface area contributed by atoms with E-state index in [1.807, 2.05) is 0 Å². The molecule has 244 valence electrons. The smallest absolute Gasteiger partial charge is 0.307 e. The third-order valence-electron chi connectivity index (χ3n) is 16.4. The summed E-state index contributed by atoms with van der Waals surface area (Å²) < 4.78 is 14.1. The summed E-state index contributed by atoms with van der Waals surface area (Å²) in [6.45, 7) is 26.3. The van der Waals surface area contributed by atoms with E-state index in [-0.39, 0.29) is 56.8 Å². The minimum absolute atomic E-state index is 0.0174. The van der Waals surface area contributed by atoms with Gasteiger partial charge in [-0.2, -0.15) is 0 Å². The first kappa shape index (κ1) is 32.0. The quantitative estimate of drug-likeness (QED) is 0.290. The van der Waals surface area contributed by atoms with Crippen molar-refractivity contribution in [1.82, 2.24) is 0 Å². The Bertz CT molecular complexity index is 1180. The molecule has 6 fully saturated rings. The first-order chi connectivity index (χ1) is 19.9. The van der Waals surface area contributed by atoms with Gasteiger partial charge >= 0.3 is 5.97 Å². The van der Waals surface area contributed by atoms with Crippen molar-refractivity contribution in [3.05, 3.63) is 11.6 Å². The van der Waals surface area contributed by atoms with E-state index in [1.54, 1.807) is 5.57 Å². The number of rotatable bonds is 7. The molecule has 0 aromatic rings. The van der Waals surface area contributed by atoms with E-state index in [1.165, 1.54) is 6.42 Å². The molecule has 2 aliphatic heterocycles. The maximum absolute atomic E-state index is 13.4. The highest BCUT2D eigenvalue weighted by Crippen LogP contribution is 2.86.